The number of hydrazone groups is 1. The van der Waals surface area contributed by atoms with Crippen LogP contribution in [-0.4, -0.2) is 11.3 Å². The Balaban J connectivity index is 3.82. The van der Waals surface area contributed by atoms with Crippen LogP contribution in [0.25, 0.3) is 0 Å². The first-order chi connectivity index (χ1) is 4.98. The number of hydrogen-bond donors (Lipinski definition) is 2. The second kappa shape index (κ2) is 4.28. The minimum atomic E-state index is 0.109. The molecule has 0 spiro atoms. The van der Waals surface area contributed by atoms with Crippen LogP contribution in [-0.2, 0) is 0 Å². The summed E-state index contributed by atoms with van der Waals surface area (Å²) in [6.45, 7) is 6.29. The average molecular weight is 173 g/mol. The van der Waals surface area contributed by atoms with Crippen LogP contribution in [0.4, 0.5) is 0 Å². The molecular weight excluding hydrogens is 158 g/mol. The third-order valence-electron chi connectivity index (χ3n) is 1.50. The number of hydrogen-bond acceptors (Lipinski definition) is 2. The van der Waals surface area contributed by atoms with Crippen LogP contribution < -0.4 is 11.2 Å². The molecule has 0 saturated heterocycles. The fraction of sp³-hybridized carbons (Fsp3) is 0.714. The van der Waals surface area contributed by atoms with Gasteiger partial charge in [0, 0.05) is 11.6 Å². The predicted octanol–water partition coefficient (Wildman–Crippen LogP) is 1.24. The third kappa shape index (κ3) is 5.79. The quantitative estimate of drug-likeness (QED) is 0.383. The highest BCUT2D eigenvalue weighted by Gasteiger charge is 2.10. The molecule has 4 heteroatoms. The van der Waals surface area contributed by atoms with Gasteiger partial charge in [-0.05, 0) is 18.6 Å². The number of nitrogens with zero attached hydrogens (tertiary/aromatic N) is 1. The van der Waals surface area contributed by atoms with Crippen molar-refractivity contribution >= 4 is 23.5 Å². The maximum atomic E-state index is 5.17. The van der Waals surface area contributed by atoms with E-state index in [2.05, 4.69) is 43.5 Å². The molecule has 0 aromatic rings. The minimum absolute atomic E-state index is 0.109. The van der Waals surface area contributed by atoms with Crippen molar-refractivity contribution in [3.8, 4) is 0 Å². The molecule has 0 aliphatic heterocycles. The lowest BCUT2D eigenvalue weighted by Crippen LogP contribution is -2.25. The van der Waals surface area contributed by atoms with Gasteiger partial charge in [0.1, 0.15) is 0 Å². The van der Waals surface area contributed by atoms with Crippen LogP contribution in [0.2, 0.25) is 0 Å². The van der Waals surface area contributed by atoms with Crippen molar-refractivity contribution in [3.05, 3.63) is 0 Å². The summed E-state index contributed by atoms with van der Waals surface area (Å²) in [5.41, 5.74) is 7.79. The van der Waals surface area contributed by atoms with E-state index in [9.17, 15) is 0 Å². The molecule has 0 radical (unpaired) electrons. The van der Waals surface area contributed by atoms with Crippen LogP contribution >= 0.6 is 12.2 Å². The summed E-state index contributed by atoms with van der Waals surface area (Å²) in [5.74, 6) is 0. The molecule has 0 fully saturated rings. The standard InChI is InChI=1S/C7H15N3S/c1-4-7(2,3)5-9-10-6(8)11/h5H,4H2,1-3H3,(H3,8,10,11)/b9-5-. The Morgan fingerprint density at radius 3 is 2.64 bits per heavy atom. The van der Waals surface area contributed by atoms with E-state index in [1.54, 1.807) is 0 Å². The van der Waals surface area contributed by atoms with Crippen molar-refractivity contribution in [3.63, 3.8) is 0 Å². The maximum absolute atomic E-state index is 5.17. The number of thiocarbonyl (C=S) groups is 1. The lowest BCUT2D eigenvalue weighted by Gasteiger charge is -2.14. The van der Waals surface area contributed by atoms with Crippen molar-refractivity contribution in [1.82, 2.24) is 5.43 Å². The molecule has 0 saturated carbocycles. The van der Waals surface area contributed by atoms with Crippen LogP contribution in [0.15, 0.2) is 5.10 Å². The molecule has 0 aliphatic carbocycles. The molecule has 0 unspecified atom stereocenters. The molecular formula is C7H15N3S. The largest absolute Gasteiger partial charge is 0.375 e. The van der Waals surface area contributed by atoms with Crippen molar-refractivity contribution in [1.29, 1.82) is 0 Å². The van der Waals surface area contributed by atoms with E-state index < -0.39 is 0 Å². The maximum Gasteiger partial charge on any atom is 0.184 e. The molecule has 0 heterocycles. The summed E-state index contributed by atoms with van der Waals surface area (Å²) in [4.78, 5) is 0. The summed E-state index contributed by atoms with van der Waals surface area (Å²) in [5, 5.41) is 4.07. The molecule has 64 valence electrons. The van der Waals surface area contributed by atoms with E-state index in [1.807, 2.05) is 6.21 Å². The summed E-state index contributed by atoms with van der Waals surface area (Å²) in [6, 6.07) is 0. The van der Waals surface area contributed by atoms with Crippen molar-refractivity contribution < 1.29 is 0 Å². The van der Waals surface area contributed by atoms with Crippen LogP contribution in [0.3, 0.4) is 0 Å². The molecule has 0 amide bonds. The Kier molecular flexibility index (Phi) is 4.03. The highest BCUT2D eigenvalue weighted by atomic mass is 32.1. The zero-order chi connectivity index (χ0) is 8.91. The zero-order valence-electron chi connectivity index (χ0n) is 7.22. The lowest BCUT2D eigenvalue weighted by molar-refractivity contribution is 0.513. The van der Waals surface area contributed by atoms with Crippen LogP contribution in [0, 0.1) is 5.41 Å². The van der Waals surface area contributed by atoms with Gasteiger partial charge < -0.3 is 5.73 Å². The second-order valence-corrected chi connectivity index (χ2v) is 3.52. The Morgan fingerprint density at radius 1 is 1.73 bits per heavy atom. The number of rotatable bonds is 3. The van der Waals surface area contributed by atoms with Gasteiger partial charge in [0.15, 0.2) is 5.11 Å². The van der Waals surface area contributed by atoms with E-state index in [0.29, 0.717) is 0 Å². The van der Waals surface area contributed by atoms with E-state index in [4.69, 9.17) is 5.73 Å². The Hall–Kier alpha value is -0.640. The highest BCUT2D eigenvalue weighted by molar-refractivity contribution is 7.80. The molecule has 11 heavy (non-hydrogen) atoms. The fourth-order valence-electron chi connectivity index (χ4n) is 0.362. The van der Waals surface area contributed by atoms with Crippen LogP contribution in [0.1, 0.15) is 27.2 Å². The topological polar surface area (TPSA) is 50.4 Å². The van der Waals surface area contributed by atoms with Crippen molar-refractivity contribution in [2.24, 2.45) is 16.3 Å². The van der Waals surface area contributed by atoms with Gasteiger partial charge in [-0.1, -0.05) is 20.8 Å². The molecule has 0 aromatic heterocycles. The van der Waals surface area contributed by atoms with E-state index in [-0.39, 0.29) is 10.5 Å². The second-order valence-electron chi connectivity index (χ2n) is 3.08. The van der Waals surface area contributed by atoms with Crippen LogP contribution in [0.5, 0.6) is 0 Å². The molecule has 0 aromatic carbocycles. The van der Waals surface area contributed by atoms with E-state index >= 15 is 0 Å². The van der Waals surface area contributed by atoms with Gasteiger partial charge in [0.05, 0.1) is 0 Å². The number of nitrogens with two attached hydrogens (primary N) is 1. The first kappa shape index (κ1) is 10.4. The summed E-state index contributed by atoms with van der Waals surface area (Å²) >= 11 is 4.57. The third-order valence-corrected chi connectivity index (χ3v) is 1.59. The van der Waals surface area contributed by atoms with Gasteiger partial charge >= 0.3 is 0 Å². The number of nitrogens with one attached hydrogen (secondary N) is 1. The molecule has 0 atom stereocenters. The predicted molar refractivity (Wildman–Crippen MR) is 52.5 cm³/mol. The molecule has 3 N–H and O–H groups in total. The first-order valence-corrected chi connectivity index (χ1v) is 3.98. The van der Waals surface area contributed by atoms with Crippen molar-refractivity contribution in [2.45, 2.75) is 27.2 Å². The highest BCUT2D eigenvalue weighted by Crippen LogP contribution is 2.15. The molecule has 0 rings (SSSR count). The minimum Gasteiger partial charge on any atom is -0.375 e. The van der Waals surface area contributed by atoms with Gasteiger partial charge in [-0.25, -0.2) is 0 Å². The molecule has 3 nitrogen and oxygen atoms in total. The summed E-state index contributed by atoms with van der Waals surface area (Å²) < 4.78 is 0. The normalized spacial score (nSPS) is 11.9. The van der Waals surface area contributed by atoms with Gasteiger partial charge in [0.2, 0.25) is 0 Å². The Bertz CT molecular complexity index is 163. The van der Waals surface area contributed by atoms with E-state index in [0.717, 1.165) is 6.42 Å². The Morgan fingerprint density at radius 2 is 2.27 bits per heavy atom. The van der Waals surface area contributed by atoms with Gasteiger partial charge in [-0.2, -0.15) is 5.10 Å². The van der Waals surface area contributed by atoms with E-state index in [1.165, 1.54) is 0 Å². The average Bonchev–Trinajstić information content (AvgIpc) is 1.87. The smallest absolute Gasteiger partial charge is 0.184 e. The fourth-order valence-corrected chi connectivity index (χ4v) is 0.415. The summed E-state index contributed by atoms with van der Waals surface area (Å²) in [7, 11) is 0. The van der Waals surface area contributed by atoms with Crippen molar-refractivity contribution in [2.75, 3.05) is 0 Å². The molecule has 0 aliphatic rings. The summed E-state index contributed by atoms with van der Waals surface area (Å²) in [6.07, 6.45) is 2.85. The van der Waals surface area contributed by atoms with Gasteiger partial charge in [-0.3, -0.25) is 5.43 Å². The van der Waals surface area contributed by atoms with Gasteiger partial charge in [-0.15, -0.1) is 0 Å². The Labute approximate surface area is 73.0 Å². The van der Waals surface area contributed by atoms with Gasteiger partial charge in [0.25, 0.3) is 0 Å². The SMILES string of the molecule is CCC(C)(C)/C=N\NC(N)=S. The zero-order valence-corrected chi connectivity index (χ0v) is 8.03. The monoisotopic (exact) mass is 173 g/mol. The molecule has 0 bridgehead atoms. The lowest BCUT2D eigenvalue weighted by atomic mass is 9.92. The first-order valence-electron chi connectivity index (χ1n) is 3.57.